The summed E-state index contributed by atoms with van der Waals surface area (Å²) in [6.45, 7) is 1.39. The van der Waals surface area contributed by atoms with E-state index in [1.54, 1.807) is 0 Å². The lowest BCUT2D eigenvalue weighted by molar-refractivity contribution is -0.121. The molecule has 0 bridgehead atoms. The maximum atomic E-state index is 11.7. The molecule has 0 atom stereocenters. The molecule has 2 aliphatic carbocycles. The van der Waals surface area contributed by atoms with Gasteiger partial charge in [-0.15, -0.1) is 0 Å². The molecule has 4 heteroatoms. The molecular formula is C13H24N2O2. The van der Waals surface area contributed by atoms with E-state index in [2.05, 4.69) is 10.6 Å². The summed E-state index contributed by atoms with van der Waals surface area (Å²) in [5.74, 6) is 0.102. The number of aliphatic hydroxyl groups excluding tert-OH is 1. The molecule has 2 saturated carbocycles. The minimum atomic E-state index is 0.0884. The van der Waals surface area contributed by atoms with Crippen LogP contribution in [0.4, 0.5) is 0 Å². The molecule has 3 N–H and O–H groups in total. The predicted octanol–water partition coefficient (Wildman–Crippen LogP) is 0.797. The summed E-state index contributed by atoms with van der Waals surface area (Å²) < 4.78 is 0. The van der Waals surface area contributed by atoms with E-state index >= 15 is 0 Å². The van der Waals surface area contributed by atoms with Crippen LogP contribution in [0.15, 0.2) is 0 Å². The Morgan fingerprint density at radius 1 is 1.24 bits per heavy atom. The van der Waals surface area contributed by atoms with Gasteiger partial charge in [-0.05, 0) is 25.7 Å². The van der Waals surface area contributed by atoms with Gasteiger partial charge in [-0.25, -0.2) is 0 Å². The first-order chi connectivity index (χ1) is 8.24. The molecule has 0 heterocycles. The Bertz CT molecular complexity index is 258. The highest BCUT2D eigenvalue weighted by Crippen LogP contribution is 2.44. The Hall–Kier alpha value is -0.610. The second-order valence-electron chi connectivity index (χ2n) is 5.66. The fourth-order valence-corrected chi connectivity index (χ4v) is 2.53. The van der Waals surface area contributed by atoms with Gasteiger partial charge in [-0.2, -0.15) is 0 Å². The first-order valence-electron chi connectivity index (χ1n) is 6.85. The number of carbonyl (C=O) groups is 1. The number of hydrogen-bond acceptors (Lipinski definition) is 3. The number of amides is 1. The fourth-order valence-electron chi connectivity index (χ4n) is 2.53. The van der Waals surface area contributed by atoms with Crippen molar-refractivity contribution in [3.8, 4) is 0 Å². The zero-order chi connectivity index (χ0) is 12.1. The number of hydrogen-bond donors (Lipinski definition) is 3. The minimum Gasteiger partial charge on any atom is -0.396 e. The van der Waals surface area contributed by atoms with Gasteiger partial charge in [0.2, 0.25) is 5.91 Å². The summed E-state index contributed by atoms with van der Waals surface area (Å²) in [7, 11) is 0. The third-order valence-corrected chi connectivity index (χ3v) is 4.05. The minimum absolute atomic E-state index is 0.0884. The number of aliphatic hydroxyl groups is 1. The first kappa shape index (κ1) is 12.8. The Balaban J connectivity index is 1.57. The van der Waals surface area contributed by atoms with Crippen LogP contribution < -0.4 is 10.6 Å². The van der Waals surface area contributed by atoms with Crippen LogP contribution in [0.5, 0.6) is 0 Å². The molecule has 2 fully saturated rings. The lowest BCUT2D eigenvalue weighted by Crippen LogP contribution is -2.42. The summed E-state index contributed by atoms with van der Waals surface area (Å²) in [6, 6.07) is 0.394. The lowest BCUT2D eigenvalue weighted by Gasteiger charge is -2.23. The van der Waals surface area contributed by atoms with E-state index in [-0.39, 0.29) is 17.9 Å². The molecular weight excluding hydrogens is 216 g/mol. The Kier molecular flexibility index (Phi) is 4.40. The van der Waals surface area contributed by atoms with Crippen molar-refractivity contribution in [2.45, 2.75) is 51.0 Å². The number of carbonyl (C=O) groups excluding carboxylic acids is 1. The second-order valence-corrected chi connectivity index (χ2v) is 5.66. The van der Waals surface area contributed by atoms with Crippen LogP contribution >= 0.6 is 0 Å². The van der Waals surface area contributed by atoms with E-state index in [0.717, 1.165) is 32.2 Å². The van der Waals surface area contributed by atoms with Crippen molar-refractivity contribution in [1.29, 1.82) is 0 Å². The van der Waals surface area contributed by atoms with E-state index in [1.165, 1.54) is 19.3 Å². The van der Waals surface area contributed by atoms with E-state index in [4.69, 9.17) is 5.11 Å². The van der Waals surface area contributed by atoms with Gasteiger partial charge >= 0.3 is 0 Å². The van der Waals surface area contributed by atoms with Crippen LogP contribution in [-0.2, 0) is 4.79 Å². The summed E-state index contributed by atoms with van der Waals surface area (Å²) in [6.07, 6.45) is 8.22. The molecule has 98 valence electrons. The molecule has 0 radical (unpaired) electrons. The van der Waals surface area contributed by atoms with Gasteiger partial charge in [-0.3, -0.25) is 4.79 Å². The van der Waals surface area contributed by atoms with Gasteiger partial charge in [0.15, 0.2) is 0 Å². The molecule has 0 aromatic rings. The highest BCUT2D eigenvalue weighted by molar-refractivity contribution is 5.78. The van der Waals surface area contributed by atoms with Gasteiger partial charge in [0.1, 0.15) is 0 Å². The van der Waals surface area contributed by atoms with Gasteiger partial charge in [-0.1, -0.05) is 19.3 Å². The second kappa shape index (κ2) is 5.83. The SMILES string of the molecule is O=C(CNCC1(CO)CC1)NC1CCCCC1. The number of rotatable bonds is 6. The topological polar surface area (TPSA) is 61.4 Å². The number of nitrogens with one attached hydrogen (secondary N) is 2. The molecule has 0 saturated heterocycles. The quantitative estimate of drug-likeness (QED) is 0.643. The zero-order valence-corrected chi connectivity index (χ0v) is 10.5. The van der Waals surface area contributed by atoms with Gasteiger partial charge in [0.05, 0.1) is 6.54 Å². The predicted molar refractivity (Wildman–Crippen MR) is 66.6 cm³/mol. The van der Waals surface area contributed by atoms with Crippen molar-refractivity contribution < 1.29 is 9.90 Å². The Labute approximate surface area is 103 Å². The van der Waals surface area contributed by atoms with Crippen molar-refractivity contribution in [2.75, 3.05) is 19.7 Å². The Morgan fingerprint density at radius 3 is 2.53 bits per heavy atom. The first-order valence-corrected chi connectivity index (χ1v) is 6.85. The summed E-state index contributed by atoms with van der Waals surface area (Å²) in [5.41, 5.74) is 0.0884. The summed E-state index contributed by atoms with van der Waals surface area (Å²) in [4.78, 5) is 11.7. The standard InChI is InChI=1S/C13H24N2O2/c16-10-13(6-7-13)9-14-8-12(17)15-11-4-2-1-3-5-11/h11,14,16H,1-10H2,(H,15,17). The van der Waals surface area contributed by atoms with Crippen molar-refractivity contribution in [2.24, 2.45) is 5.41 Å². The van der Waals surface area contributed by atoms with Crippen LogP contribution in [-0.4, -0.2) is 36.8 Å². The van der Waals surface area contributed by atoms with Crippen LogP contribution in [0, 0.1) is 5.41 Å². The molecule has 0 aromatic heterocycles. The van der Waals surface area contributed by atoms with E-state index in [1.807, 2.05) is 0 Å². The normalized spacial score (nSPS) is 23.4. The largest absolute Gasteiger partial charge is 0.396 e. The molecule has 2 rings (SSSR count). The van der Waals surface area contributed by atoms with E-state index in [0.29, 0.717) is 12.6 Å². The molecule has 4 nitrogen and oxygen atoms in total. The molecule has 2 aliphatic rings. The highest BCUT2D eigenvalue weighted by Gasteiger charge is 2.41. The maximum Gasteiger partial charge on any atom is 0.234 e. The van der Waals surface area contributed by atoms with Crippen molar-refractivity contribution >= 4 is 5.91 Å². The molecule has 0 aliphatic heterocycles. The van der Waals surface area contributed by atoms with Crippen LogP contribution in [0.25, 0.3) is 0 Å². The zero-order valence-electron chi connectivity index (χ0n) is 10.5. The highest BCUT2D eigenvalue weighted by atomic mass is 16.3. The van der Waals surface area contributed by atoms with Crippen molar-refractivity contribution in [3.63, 3.8) is 0 Å². The van der Waals surface area contributed by atoms with Crippen molar-refractivity contribution in [1.82, 2.24) is 10.6 Å². The smallest absolute Gasteiger partial charge is 0.234 e. The summed E-state index contributed by atoms with van der Waals surface area (Å²) >= 11 is 0. The maximum absolute atomic E-state index is 11.7. The lowest BCUT2D eigenvalue weighted by atomic mass is 9.95. The average Bonchev–Trinajstić information content (AvgIpc) is 3.11. The Morgan fingerprint density at radius 2 is 1.94 bits per heavy atom. The van der Waals surface area contributed by atoms with Crippen LogP contribution in [0.1, 0.15) is 44.9 Å². The van der Waals surface area contributed by atoms with Crippen molar-refractivity contribution in [3.05, 3.63) is 0 Å². The van der Waals surface area contributed by atoms with Gasteiger partial charge in [0.25, 0.3) is 0 Å². The molecule has 17 heavy (non-hydrogen) atoms. The third-order valence-electron chi connectivity index (χ3n) is 4.05. The summed E-state index contributed by atoms with van der Waals surface area (Å²) in [5, 5.41) is 15.4. The fraction of sp³-hybridized carbons (Fsp3) is 0.923. The molecule has 0 spiro atoms. The molecule has 1 amide bonds. The molecule has 0 aromatic carbocycles. The monoisotopic (exact) mass is 240 g/mol. The van der Waals surface area contributed by atoms with E-state index < -0.39 is 0 Å². The third kappa shape index (κ3) is 3.96. The van der Waals surface area contributed by atoms with Crippen LogP contribution in [0.3, 0.4) is 0 Å². The van der Waals surface area contributed by atoms with Crippen LogP contribution in [0.2, 0.25) is 0 Å². The van der Waals surface area contributed by atoms with E-state index in [9.17, 15) is 4.79 Å². The molecule has 0 unspecified atom stereocenters. The van der Waals surface area contributed by atoms with Gasteiger partial charge < -0.3 is 15.7 Å². The average molecular weight is 240 g/mol. The van der Waals surface area contributed by atoms with Gasteiger partial charge in [0, 0.05) is 24.6 Å².